The standard InChI is InChI=1S/C27H24N4O/c1-30(2)22-15-13-20(14-16-22)24-18-31-26(25(28-24)21-11-7-4-8-12-21)29-23(27(31)32)17-19-9-5-3-6-10-19/h3-16,18,32H,17H2,1-2H3. The first-order valence-electron chi connectivity index (χ1n) is 10.6. The lowest BCUT2D eigenvalue weighted by molar-refractivity contribution is 0.442. The van der Waals surface area contributed by atoms with Crippen LogP contribution in [0.2, 0.25) is 0 Å². The van der Waals surface area contributed by atoms with Crippen LogP contribution in [0.25, 0.3) is 28.2 Å². The Morgan fingerprint density at radius 3 is 2.09 bits per heavy atom. The van der Waals surface area contributed by atoms with Crippen molar-refractivity contribution in [2.75, 3.05) is 19.0 Å². The van der Waals surface area contributed by atoms with Gasteiger partial charge in [-0.05, 0) is 17.7 Å². The van der Waals surface area contributed by atoms with Crippen molar-refractivity contribution in [3.63, 3.8) is 0 Å². The first kappa shape index (κ1) is 19.8. The van der Waals surface area contributed by atoms with E-state index < -0.39 is 0 Å². The van der Waals surface area contributed by atoms with E-state index in [1.165, 1.54) is 0 Å². The fourth-order valence-electron chi connectivity index (χ4n) is 3.85. The maximum absolute atomic E-state index is 11.1. The Labute approximate surface area is 187 Å². The minimum atomic E-state index is 0.148. The van der Waals surface area contributed by atoms with Crippen molar-refractivity contribution in [3.8, 4) is 28.4 Å². The Hall–Kier alpha value is -4.12. The van der Waals surface area contributed by atoms with E-state index in [-0.39, 0.29) is 5.88 Å². The molecule has 0 bridgehead atoms. The zero-order chi connectivity index (χ0) is 22.1. The minimum Gasteiger partial charge on any atom is -0.493 e. The number of hydrogen-bond acceptors (Lipinski definition) is 4. The molecular weight excluding hydrogens is 396 g/mol. The van der Waals surface area contributed by atoms with Gasteiger partial charge in [-0.15, -0.1) is 0 Å². The first-order chi connectivity index (χ1) is 15.6. The van der Waals surface area contributed by atoms with Crippen LogP contribution in [0.5, 0.6) is 5.88 Å². The van der Waals surface area contributed by atoms with Crippen LogP contribution in [-0.4, -0.2) is 33.6 Å². The molecule has 0 aliphatic rings. The van der Waals surface area contributed by atoms with Crippen LogP contribution < -0.4 is 4.90 Å². The summed E-state index contributed by atoms with van der Waals surface area (Å²) in [6.07, 6.45) is 2.42. The smallest absolute Gasteiger partial charge is 0.219 e. The summed E-state index contributed by atoms with van der Waals surface area (Å²) in [6, 6.07) is 28.3. The largest absolute Gasteiger partial charge is 0.493 e. The van der Waals surface area contributed by atoms with E-state index in [0.717, 1.165) is 33.8 Å². The van der Waals surface area contributed by atoms with Crippen molar-refractivity contribution in [1.82, 2.24) is 14.4 Å². The summed E-state index contributed by atoms with van der Waals surface area (Å²) in [4.78, 5) is 11.8. The highest BCUT2D eigenvalue weighted by atomic mass is 16.3. The van der Waals surface area contributed by atoms with Gasteiger partial charge in [-0.1, -0.05) is 72.8 Å². The molecule has 0 aliphatic carbocycles. The molecule has 2 heterocycles. The normalized spacial score (nSPS) is 11.1. The molecular formula is C27H24N4O. The molecule has 0 radical (unpaired) electrons. The molecule has 5 heteroatoms. The van der Waals surface area contributed by atoms with E-state index in [2.05, 4.69) is 29.2 Å². The third-order valence-corrected chi connectivity index (χ3v) is 5.59. The van der Waals surface area contributed by atoms with Crippen LogP contribution in [0.1, 0.15) is 11.3 Å². The summed E-state index contributed by atoms with van der Waals surface area (Å²) >= 11 is 0. The molecule has 0 saturated carbocycles. The van der Waals surface area contributed by atoms with Crippen LogP contribution in [0.4, 0.5) is 5.69 Å². The van der Waals surface area contributed by atoms with E-state index in [1.807, 2.05) is 81.0 Å². The van der Waals surface area contributed by atoms with Gasteiger partial charge in [0, 0.05) is 43.5 Å². The van der Waals surface area contributed by atoms with Crippen molar-refractivity contribution < 1.29 is 5.11 Å². The molecule has 158 valence electrons. The van der Waals surface area contributed by atoms with Gasteiger partial charge in [0.15, 0.2) is 5.65 Å². The molecule has 0 unspecified atom stereocenters. The van der Waals surface area contributed by atoms with Gasteiger partial charge in [0.1, 0.15) is 11.4 Å². The average Bonchev–Trinajstić information content (AvgIpc) is 3.15. The lowest BCUT2D eigenvalue weighted by atomic mass is 10.1. The topological polar surface area (TPSA) is 53.7 Å². The zero-order valence-electron chi connectivity index (χ0n) is 18.1. The predicted octanol–water partition coefficient (Wildman–Crippen LogP) is 5.43. The molecule has 0 atom stereocenters. The van der Waals surface area contributed by atoms with Crippen LogP contribution in [-0.2, 0) is 6.42 Å². The van der Waals surface area contributed by atoms with Crippen molar-refractivity contribution in [2.45, 2.75) is 6.42 Å². The Balaban J connectivity index is 1.68. The number of fused-ring (bicyclic) bond motifs is 1. The second kappa shape index (κ2) is 8.19. The highest BCUT2D eigenvalue weighted by molar-refractivity contribution is 5.78. The Kier molecular flexibility index (Phi) is 5.07. The molecule has 0 saturated heterocycles. The van der Waals surface area contributed by atoms with Gasteiger partial charge in [-0.25, -0.2) is 9.97 Å². The van der Waals surface area contributed by atoms with E-state index >= 15 is 0 Å². The maximum Gasteiger partial charge on any atom is 0.219 e. The van der Waals surface area contributed by atoms with Gasteiger partial charge >= 0.3 is 0 Å². The predicted molar refractivity (Wildman–Crippen MR) is 129 cm³/mol. The number of nitrogens with zero attached hydrogens (tertiary/aromatic N) is 4. The summed E-state index contributed by atoms with van der Waals surface area (Å²) in [5.41, 5.74) is 6.96. The van der Waals surface area contributed by atoms with E-state index in [1.54, 1.807) is 4.40 Å². The number of aromatic nitrogens is 3. The SMILES string of the molecule is CN(C)c1ccc(-c2cn3c(O)c(Cc4ccccc4)nc3c(-c3ccccc3)n2)cc1. The van der Waals surface area contributed by atoms with Crippen molar-refractivity contribution in [1.29, 1.82) is 0 Å². The highest BCUT2D eigenvalue weighted by Gasteiger charge is 2.18. The summed E-state index contributed by atoms with van der Waals surface area (Å²) < 4.78 is 1.75. The number of rotatable bonds is 5. The third-order valence-electron chi connectivity index (χ3n) is 5.59. The molecule has 0 amide bonds. The minimum absolute atomic E-state index is 0.148. The average molecular weight is 421 g/mol. The number of hydrogen-bond donors (Lipinski definition) is 1. The Bertz CT molecular complexity index is 1360. The molecule has 5 aromatic rings. The van der Waals surface area contributed by atoms with Gasteiger partial charge < -0.3 is 10.0 Å². The fraction of sp³-hybridized carbons (Fsp3) is 0.111. The fourth-order valence-corrected chi connectivity index (χ4v) is 3.85. The lowest BCUT2D eigenvalue weighted by Crippen LogP contribution is -2.08. The van der Waals surface area contributed by atoms with Crippen LogP contribution >= 0.6 is 0 Å². The van der Waals surface area contributed by atoms with Crippen molar-refractivity contribution >= 4 is 11.3 Å². The summed E-state index contributed by atoms with van der Waals surface area (Å²) in [5.74, 6) is 0.148. The van der Waals surface area contributed by atoms with Crippen molar-refractivity contribution in [2.24, 2.45) is 0 Å². The van der Waals surface area contributed by atoms with Crippen LogP contribution in [0.3, 0.4) is 0 Å². The summed E-state index contributed by atoms with van der Waals surface area (Å²) in [6.45, 7) is 0. The van der Waals surface area contributed by atoms with E-state index in [9.17, 15) is 5.11 Å². The van der Waals surface area contributed by atoms with Crippen molar-refractivity contribution in [3.05, 3.63) is 102 Å². The molecule has 5 nitrogen and oxygen atoms in total. The van der Waals surface area contributed by atoms with E-state index in [4.69, 9.17) is 9.97 Å². The van der Waals surface area contributed by atoms with Gasteiger partial charge in [0.05, 0.1) is 5.69 Å². The quantitative estimate of drug-likeness (QED) is 0.412. The lowest BCUT2D eigenvalue weighted by Gasteiger charge is -2.13. The number of imidazole rings is 1. The summed E-state index contributed by atoms with van der Waals surface area (Å²) in [7, 11) is 4.04. The highest BCUT2D eigenvalue weighted by Crippen LogP contribution is 2.32. The number of anilines is 1. The second-order valence-corrected chi connectivity index (χ2v) is 8.02. The van der Waals surface area contributed by atoms with Gasteiger partial charge in [0.2, 0.25) is 5.88 Å². The molecule has 0 aliphatic heterocycles. The van der Waals surface area contributed by atoms with Crippen LogP contribution in [0.15, 0.2) is 91.1 Å². The first-order valence-corrected chi connectivity index (χ1v) is 10.6. The molecule has 1 N–H and O–H groups in total. The Morgan fingerprint density at radius 2 is 1.44 bits per heavy atom. The molecule has 0 spiro atoms. The monoisotopic (exact) mass is 420 g/mol. The number of benzene rings is 3. The van der Waals surface area contributed by atoms with Gasteiger partial charge in [0.25, 0.3) is 0 Å². The van der Waals surface area contributed by atoms with Gasteiger partial charge in [-0.3, -0.25) is 4.40 Å². The molecule has 3 aromatic carbocycles. The number of aromatic hydroxyl groups is 1. The molecule has 5 rings (SSSR count). The van der Waals surface area contributed by atoms with Gasteiger partial charge in [-0.2, -0.15) is 0 Å². The second-order valence-electron chi connectivity index (χ2n) is 8.02. The van der Waals surface area contributed by atoms with E-state index in [0.29, 0.717) is 17.8 Å². The molecule has 2 aromatic heterocycles. The molecule has 32 heavy (non-hydrogen) atoms. The zero-order valence-corrected chi connectivity index (χ0v) is 18.1. The molecule has 0 fully saturated rings. The summed E-state index contributed by atoms with van der Waals surface area (Å²) in [5, 5.41) is 11.1. The Morgan fingerprint density at radius 1 is 0.781 bits per heavy atom. The third kappa shape index (κ3) is 3.69. The maximum atomic E-state index is 11.1. The van der Waals surface area contributed by atoms with Crippen LogP contribution in [0, 0.1) is 0 Å².